The summed E-state index contributed by atoms with van der Waals surface area (Å²) in [5, 5.41) is 10.8. The number of hydrogen-bond acceptors (Lipinski definition) is 3. The lowest BCUT2D eigenvalue weighted by molar-refractivity contribution is -0.0530. The molecule has 0 amide bonds. The van der Waals surface area contributed by atoms with Gasteiger partial charge in [-0.3, -0.25) is 0 Å². The van der Waals surface area contributed by atoms with E-state index in [0.29, 0.717) is 6.42 Å². The molecule has 1 atom stereocenters. The van der Waals surface area contributed by atoms with Crippen molar-refractivity contribution >= 4 is 11.8 Å². The van der Waals surface area contributed by atoms with Gasteiger partial charge in [0.15, 0.2) is 0 Å². The molecule has 1 saturated heterocycles. The lowest BCUT2D eigenvalue weighted by Crippen LogP contribution is -2.51. The zero-order valence-electron chi connectivity index (χ0n) is 10.2. The van der Waals surface area contributed by atoms with Gasteiger partial charge >= 0.3 is 0 Å². The maximum atomic E-state index is 10.8. The Labute approximate surface area is 101 Å². The lowest BCUT2D eigenvalue weighted by atomic mass is 9.71. The Kier molecular flexibility index (Phi) is 3.05. The minimum absolute atomic E-state index is 0.0236. The molecule has 1 unspecified atom stereocenters. The molecule has 1 aliphatic heterocycles. The molecule has 0 aromatic carbocycles. The van der Waals surface area contributed by atoms with Gasteiger partial charge in [-0.05, 0) is 17.6 Å². The highest BCUT2D eigenvalue weighted by Crippen LogP contribution is 2.43. The van der Waals surface area contributed by atoms with E-state index in [9.17, 15) is 5.11 Å². The van der Waals surface area contributed by atoms with E-state index in [4.69, 9.17) is 0 Å². The summed E-state index contributed by atoms with van der Waals surface area (Å²) in [4.78, 5) is 4.31. The first-order valence-corrected chi connectivity index (χ1v) is 6.86. The fourth-order valence-corrected chi connectivity index (χ4v) is 3.74. The molecular weight excluding hydrogens is 220 g/mol. The average molecular weight is 240 g/mol. The lowest BCUT2D eigenvalue weighted by Gasteiger charge is -2.46. The van der Waals surface area contributed by atoms with E-state index in [1.165, 1.54) is 0 Å². The average Bonchev–Trinajstić information content (AvgIpc) is 2.58. The van der Waals surface area contributed by atoms with Crippen LogP contribution in [0.5, 0.6) is 0 Å². The number of hydrogen-bond donors (Lipinski definition) is 1. The molecule has 1 aromatic heterocycles. The third-order valence-corrected chi connectivity index (χ3v) is 5.02. The molecule has 2 rings (SSSR count). The Morgan fingerprint density at radius 1 is 1.56 bits per heavy atom. The maximum absolute atomic E-state index is 10.8. The Balaban J connectivity index is 2.21. The highest BCUT2D eigenvalue weighted by atomic mass is 32.2. The van der Waals surface area contributed by atoms with E-state index >= 15 is 0 Å². The highest BCUT2D eigenvalue weighted by molar-refractivity contribution is 7.99. The number of aryl methyl sites for hydroxylation is 1. The molecule has 1 fully saturated rings. The highest BCUT2D eigenvalue weighted by Gasteiger charge is 2.46. The Hall–Kier alpha value is -0.480. The van der Waals surface area contributed by atoms with Crippen LogP contribution >= 0.6 is 11.8 Å². The largest absolute Gasteiger partial charge is 0.388 e. The van der Waals surface area contributed by atoms with Crippen molar-refractivity contribution in [1.29, 1.82) is 0 Å². The molecule has 1 N–H and O–H groups in total. The van der Waals surface area contributed by atoms with Crippen LogP contribution in [0.25, 0.3) is 0 Å². The van der Waals surface area contributed by atoms with Crippen molar-refractivity contribution in [1.82, 2.24) is 9.55 Å². The van der Waals surface area contributed by atoms with Gasteiger partial charge in [0.2, 0.25) is 0 Å². The smallest absolute Gasteiger partial charge is 0.111 e. The van der Waals surface area contributed by atoms with Gasteiger partial charge in [0.05, 0.1) is 5.60 Å². The summed E-state index contributed by atoms with van der Waals surface area (Å²) < 4.78 is 1.99. The summed E-state index contributed by atoms with van der Waals surface area (Å²) in [6.45, 7) is 4.32. The van der Waals surface area contributed by atoms with Gasteiger partial charge in [0.1, 0.15) is 5.82 Å². The van der Waals surface area contributed by atoms with Crippen molar-refractivity contribution in [3.05, 3.63) is 18.2 Å². The molecule has 1 aromatic rings. The van der Waals surface area contributed by atoms with Crippen molar-refractivity contribution in [3.8, 4) is 0 Å². The topological polar surface area (TPSA) is 38.0 Å². The molecule has 0 spiro atoms. The first-order chi connectivity index (χ1) is 7.45. The van der Waals surface area contributed by atoms with Crippen molar-refractivity contribution in [2.75, 3.05) is 11.5 Å². The SMILES string of the molecule is Cn1ccnc1CC1(O)CSCCC1(C)C. The molecule has 0 bridgehead atoms. The van der Waals surface area contributed by atoms with E-state index in [1.807, 2.05) is 29.6 Å². The molecule has 90 valence electrons. The second-order valence-electron chi connectivity index (χ2n) is 5.35. The molecule has 4 heteroatoms. The van der Waals surface area contributed by atoms with Crippen molar-refractivity contribution in [2.24, 2.45) is 12.5 Å². The van der Waals surface area contributed by atoms with Gasteiger partial charge in [0, 0.05) is 31.6 Å². The van der Waals surface area contributed by atoms with Gasteiger partial charge in [-0.25, -0.2) is 4.98 Å². The van der Waals surface area contributed by atoms with Gasteiger partial charge in [0.25, 0.3) is 0 Å². The second-order valence-corrected chi connectivity index (χ2v) is 6.45. The summed E-state index contributed by atoms with van der Waals surface area (Å²) in [5.41, 5.74) is -0.654. The number of nitrogens with zero attached hydrogens (tertiary/aromatic N) is 2. The van der Waals surface area contributed by atoms with Crippen LogP contribution in [-0.4, -0.2) is 31.8 Å². The van der Waals surface area contributed by atoms with Gasteiger partial charge in [-0.15, -0.1) is 0 Å². The minimum atomic E-state index is -0.630. The second kappa shape index (κ2) is 4.08. The minimum Gasteiger partial charge on any atom is -0.388 e. The Morgan fingerprint density at radius 3 is 2.88 bits per heavy atom. The number of rotatable bonds is 2. The van der Waals surface area contributed by atoms with E-state index < -0.39 is 5.60 Å². The third-order valence-electron chi connectivity index (χ3n) is 3.84. The molecule has 3 nitrogen and oxygen atoms in total. The zero-order chi connectivity index (χ0) is 11.8. The molecule has 16 heavy (non-hydrogen) atoms. The number of imidazole rings is 1. The van der Waals surface area contributed by atoms with Gasteiger partial charge < -0.3 is 9.67 Å². The zero-order valence-corrected chi connectivity index (χ0v) is 11.0. The van der Waals surface area contributed by atoms with E-state index in [1.54, 1.807) is 6.20 Å². The molecule has 0 aliphatic carbocycles. The first-order valence-electron chi connectivity index (χ1n) is 5.71. The number of aliphatic hydroxyl groups is 1. The molecule has 0 saturated carbocycles. The van der Waals surface area contributed by atoms with Gasteiger partial charge in [-0.1, -0.05) is 13.8 Å². The Morgan fingerprint density at radius 2 is 2.31 bits per heavy atom. The van der Waals surface area contributed by atoms with Crippen molar-refractivity contribution in [2.45, 2.75) is 32.3 Å². The van der Waals surface area contributed by atoms with Crippen LogP contribution in [0.3, 0.4) is 0 Å². The summed E-state index contributed by atoms with van der Waals surface area (Å²) >= 11 is 1.84. The molecular formula is C12H20N2OS. The number of aromatic nitrogens is 2. The predicted molar refractivity (Wildman–Crippen MR) is 67.6 cm³/mol. The fraction of sp³-hybridized carbons (Fsp3) is 0.750. The molecule has 0 radical (unpaired) electrons. The van der Waals surface area contributed by atoms with Crippen LogP contribution < -0.4 is 0 Å². The first kappa shape index (κ1) is 12.0. The van der Waals surface area contributed by atoms with Crippen LogP contribution in [-0.2, 0) is 13.5 Å². The van der Waals surface area contributed by atoms with E-state index in [2.05, 4.69) is 18.8 Å². The summed E-state index contributed by atoms with van der Waals surface area (Å²) in [6.07, 6.45) is 5.44. The maximum Gasteiger partial charge on any atom is 0.111 e. The van der Waals surface area contributed by atoms with E-state index in [0.717, 1.165) is 23.8 Å². The van der Waals surface area contributed by atoms with Crippen molar-refractivity contribution in [3.63, 3.8) is 0 Å². The third kappa shape index (κ3) is 2.00. The summed E-state index contributed by atoms with van der Waals surface area (Å²) in [6, 6.07) is 0. The normalized spacial score (nSPS) is 29.2. The molecule has 2 heterocycles. The van der Waals surface area contributed by atoms with Crippen LogP contribution in [0.2, 0.25) is 0 Å². The fourth-order valence-electron chi connectivity index (χ4n) is 2.12. The van der Waals surface area contributed by atoms with E-state index in [-0.39, 0.29) is 5.41 Å². The number of thioether (sulfide) groups is 1. The van der Waals surface area contributed by atoms with Crippen LogP contribution in [0.1, 0.15) is 26.1 Å². The van der Waals surface area contributed by atoms with Crippen LogP contribution in [0.15, 0.2) is 12.4 Å². The summed E-state index contributed by atoms with van der Waals surface area (Å²) in [5.74, 6) is 2.93. The standard InChI is InChI=1S/C12H20N2OS/c1-11(2)4-7-16-9-12(11,15)8-10-13-5-6-14(10)3/h5-6,15H,4,7-9H2,1-3H3. The Bertz CT molecular complexity index is 375. The van der Waals surface area contributed by atoms with Gasteiger partial charge in [-0.2, -0.15) is 11.8 Å². The quantitative estimate of drug-likeness (QED) is 0.857. The van der Waals surface area contributed by atoms with Crippen LogP contribution in [0, 0.1) is 5.41 Å². The monoisotopic (exact) mass is 240 g/mol. The summed E-state index contributed by atoms with van der Waals surface area (Å²) in [7, 11) is 1.98. The molecule has 1 aliphatic rings. The van der Waals surface area contributed by atoms with Crippen molar-refractivity contribution < 1.29 is 5.11 Å². The van der Waals surface area contributed by atoms with Crippen LogP contribution in [0.4, 0.5) is 0 Å². The predicted octanol–water partition coefficient (Wildman–Crippen LogP) is 1.86.